The number of nitrogens with zero attached hydrogens (tertiary/aromatic N) is 1. The molecule has 3 aromatic carbocycles. The third-order valence-corrected chi connectivity index (χ3v) is 3.98. The molecule has 0 aromatic heterocycles. The van der Waals surface area contributed by atoms with Gasteiger partial charge >= 0.3 is 0 Å². The Bertz CT molecular complexity index is 908. The summed E-state index contributed by atoms with van der Waals surface area (Å²) in [6.07, 6.45) is 1.71. The second-order valence-electron chi connectivity index (χ2n) is 6.04. The molecule has 5 heteroatoms. The number of nitrogens with one attached hydrogen (secondary N) is 2. The van der Waals surface area contributed by atoms with E-state index in [1.807, 2.05) is 85.8 Å². The molecule has 3 aromatic rings. The number of hydrogen-bond donors (Lipinski definition) is 2. The molecule has 0 aliphatic heterocycles. The average Bonchev–Trinajstić information content (AvgIpc) is 2.68. The van der Waals surface area contributed by atoms with E-state index in [4.69, 9.17) is 17.0 Å². The van der Waals surface area contributed by atoms with Crippen LogP contribution in [0.1, 0.15) is 16.7 Å². The zero-order valence-electron chi connectivity index (χ0n) is 15.1. The second-order valence-corrected chi connectivity index (χ2v) is 6.45. The highest BCUT2D eigenvalue weighted by molar-refractivity contribution is 7.80. The molecule has 0 saturated heterocycles. The Morgan fingerprint density at radius 1 is 1.00 bits per heavy atom. The van der Waals surface area contributed by atoms with Crippen LogP contribution in [0.2, 0.25) is 0 Å². The van der Waals surface area contributed by atoms with E-state index in [9.17, 15) is 0 Å². The zero-order chi connectivity index (χ0) is 18.9. The predicted octanol–water partition coefficient (Wildman–Crippen LogP) is 4.89. The summed E-state index contributed by atoms with van der Waals surface area (Å²) in [5, 5.41) is 7.70. The van der Waals surface area contributed by atoms with Gasteiger partial charge in [-0.15, -0.1) is 0 Å². The highest BCUT2D eigenvalue weighted by Crippen LogP contribution is 2.13. The first kappa shape index (κ1) is 18.6. The van der Waals surface area contributed by atoms with Crippen LogP contribution in [-0.4, -0.2) is 11.3 Å². The molecule has 4 nitrogen and oxygen atoms in total. The van der Waals surface area contributed by atoms with Gasteiger partial charge in [0.15, 0.2) is 5.11 Å². The summed E-state index contributed by atoms with van der Waals surface area (Å²) in [6.45, 7) is 2.59. The quantitative estimate of drug-likeness (QED) is 0.366. The summed E-state index contributed by atoms with van der Waals surface area (Å²) >= 11 is 5.24. The normalized spacial score (nSPS) is 10.6. The number of rotatable bonds is 6. The van der Waals surface area contributed by atoms with Crippen molar-refractivity contribution in [3.05, 3.63) is 95.6 Å². The molecule has 0 heterocycles. The molecule has 0 unspecified atom stereocenters. The van der Waals surface area contributed by atoms with E-state index in [0.717, 1.165) is 22.6 Å². The maximum Gasteiger partial charge on any atom is 0.191 e. The summed E-state index contributed by atoms with van der Waals surface area (Å²) in [4.78, 5) is 0. The fraction of sp³-hybridized carbons (Fsp3) is 0.0909. The molecule has 27 heavy (non-hydrogen) atoms. The van der Waals surface area contributed by atoms with Crippen molar-refractivity contribution in [1.82, 2.24) is 5.43 Å². The lowest BCUT2D eigenvalue weighted by Gasteiger charge is -2.07. The Labute approximate surface area is 164 Å². The topological polar surface area (TPSA) is 45.7 Å². The van der Waals surface area contributed by atoms with Crippen molar-refractivity contribution in [2.45, 2.75) is 13.5 Å². The van der Waals surface area contributed by atoms with Crippen molar-refractivity contribution < 1.29 is 4.74 Å². The van der Waals surface area contributed by atoms with Crippen LogP contribution in [0, 0.1) is 6.92 Å². The van der Waals surface area contributed by atoms with Crippen molar-refractivity contribution in [3.63, 3.8) is 0 Å². The van der Waals surface area contributed by atoms with Crippen molar-refractivity contribution in [2.24, 2.45) is 5.10 Å². The van der Waals surface area contributed by atoms with Crippen molar-refractivity contribution in [1.29, 1.82) is 0 Å². The third kappa shape index (κ3) is 6.24. The third-order valence-electron chi connectivity index (χ3n) is 3.78. The summed E-state index contributed by atoms with van der Waals surface area (Å²) in [6, 6.07) is 25.8. The smallest absolute Gasteiger partial charge is 0.191 e. The summed E-state index contributed by atoms with van der Waals surface area (Å²) in [5.74, 6) is 0.820. The van der Waals surface area contributed by atoms with Crippen LogP contribution in [0.15, 0.2) is 84.0 Å². The van der Waals surface area contributed by atoms with Crippen LogP contribution in [0.4, 0.5) is 5.69 Å². The number of anilines is 1. The van der Waals surface area contributed by atoms with Crippen LogP contribution in [0.25, 0.3) is 0 Å². The first-order valence-corrected chi connectivity index (χ1v) is 9.03. The molecule has 3 rings (SSSR count). The molecular weight excluding hydrogens is 354 g/mol. The molecular formula is C22H21N3OS. The molecule has 0 atom stereocenters. The number of ether oxygens (including phenoxy) is 1. The maximum atomic E-state index is 5.77. The molecule has 0 spiro atoms. The van der Waals surface area contributed by atoms with E-state index < -0.39 is 0 Å². The molecule has 0 fully saturated rings. The highest BCUT2D eigenvalue weighted by atomic mass is 32.1. The lowest BCUT2D eigenvalue weighted by Crippen LogP contribution is -2.23. The van der Waals surface area contributed by atoms with E-state index in [0.29, 0.717) is 11.7 Å². The minimum Gasteiger partial charge on any atom is -0.489 e. The molecule has 0 radical (unpaired) electrons. The zero-order valence-corrected chi connectivity index (χ0v) is 15.9. The number of hydrogen-bond acceptors (Lipinski definition) is 3. The van der Waals surface area contributed by atoms with E-state index in [1.165, 1.54) is 5.56 Å². The number of aryl methyl sites for hydroxylation is 1. The Kier molecular flexibility index (Phi) is 6.55. The number of benzene rings is 3. The monoisotopic (exact) mass is 375 g/mol. The minimum absolute atomic E-state index is 0.444. The molecule has 0 amide bonds. The van der Waals surface area contributed by atoms with Gasteiger partial charge in [0.05, 0.1) is 6.21 Å². The fourth-order valence-corrected chi connectivity index (χ4v) is 2.61. The van der Waals surface area contributed by atoms with Gasteiger partial charge in [0.25, 0.3) is 0 Å². The number of thiocarbonyl (C=S) groups is 1. The van der Waals surface area contributed by atoms with Gasteiger partial charge in [-0.25, -0.2) is 0 Å². The van der Waals surface area contributed by atoms with Crippen LogP contribution >= 0.6 is 12.2 Å². The average molecular weight is 375 g/mol. The van der Waals surface area contributed by atoms with Crippen LogP contribution < -0.4 is 15.5 Å². The van der Waals surface area contributed by atoms with Crippen LogP contribution in [0.5, 0.6) is 5.75 Å². The van der Waals surface area contributed by atoms with Crippen molar-refractivity contribution in [3.8, 4) is 5.75 Å². The van der Waals surface area contributed by atoms with Gasteiger partial charge in [0.2, 0.25) is 0 Å². The molecule has 0 aliphatic rings. The van der Waals surface area contributed by atoms with Gasteiger partial charge in [-0.1, -0.05) is 42.5 Å². The predicted molar refractivity (Wildman–Crippen MR) is 115 cm³/mol. The summed E-state index contributed by atoms with van der Waals surface area (Å²) in [5.41, 5.74) is 7.01. The van der Waals surface area contributed by atoms with Gasteiger partial charge < -0.3 is 10.1 Å². The first-order chi connectivity index (χ1) is 13.2. The highest BCUT2D eigenvalue weighted by Gasteiger charge is 1.97. The van der Waals surface area contributed by atoms with Crippen molar-refractivity contribution >= 4 is 29.2 Å². The Balaban J connectivity index is 1.46. The Morgan fingerprint density at radius 2 is 1.78 bits per heavy atom. The number of hydrazone groups is 1. The Hall–Kier alpha value is -3.18. The lowest BCUT2D eigenvalue weighted by atomic mass is 10.2. The van der Waals surface area contributed by atoms with Gasteiger partial charge in [-0.05, 0) is 72.2 Å². The summed E-state index contributed by atoms with van der Waals surface area (Å²) in [7, 11) is 0. The maximum absolute atomic E-state index is 5.77. The molecule has 136 valence electrons. The molecule has 0 bridgehead atoms. The Morgan fingerprint density at radius 3 is 2.52 bits per heavy atom. The summed E-state index contributed by atoms with van der Waals surface area (Å²) < 4.78 is 5.77. The van der Waals surface area contributed by atoms with E-state index in [2.05, 4.69) is 15.8 Å². The standard InChI is InChI=1S/C22H21N3OS/c1-17-6-5-9-20(14-17)24-22(27)25-23-15-18-10-12-21(13-11-18)26-16-19-7-3-2-4-8-19/h2-15H,16H2,1H3,(H2,24,25,27). The van der Waals surface area contributed by atoms with Gasteiger partial charge in [0.1, 0.15) is 12.4 Å². The van der Waals surface area contributed by atoms with Crippen LogP contribution in [0.3, 0.4) is 0 Å². The second kappa shape index (κ2) is 9.50. The largest absolute Gasteiger partial charge is 0.489 e. The van der Waals surface area contributed by atoms with Crippen LogP contribution in [-0.2, 0) is 6.61 Å². The molecule has 0 aliphatic carbocycles. The van der Waals surface area contributed by atoms with Crippen molar-refractivity contribution in [2.75, 3.05) is 5.32 Å². The van der Waals surface area contributed by atoms with E-state index in [-0.39, 0.29) is 0 Å². The van der Waals surface area contributed by atoms with Gasteiger partial charge in [-0.2, -0.15) is 5.10 Å². The van der Waals surface area contributed by atoms with Gasteiger partial charge in [0, 0.05) is 5.69 Å². The first-order valence-electron chi connectivity index (χ1n) is 8.62. The lowest BCUT2D eigenvalue weighted by molar-refractivity contribution is 0.306. The molecule has 2 N–H and O–H groups in total. The van der Waals surface area contributed by atoms with E-state index >= 15 is 0 Å². The molecule has 0 saturated carbocycles. The SMILES string of the molecule is Cc1cccc(NC(=S)NN=Cc2ccc(OCc3ccccc3)cc2)c1. The van der Waals surface area contributed by atoms with E-state index in [1.54, 1.807) is 6.21 Å². The minimum atomic E-state index is 0.444. The fourth-order valence-electron chi connectivity index (χ4n) is 2.44. The van der Waals surface area contributed by atoms with Gasteiger partial charge in [-0.3, -0.25) is 5.43 Å².